The number of aromatic nitrogens is 2. The second-order valence-electron chi connectivity index (χ2n) is 5.53. The molecule has 6 heteroatoms. The first-order valence-electron chi connectivity index (χ1n) is 7.91. The average molecular weight is 323 g/mol. The van der Waals surface area contributed by atoms with Gasteiger partial charge in [0.1, 0.15) is 18.9 Å². The van der Waals surface area contributed by atoms with Crippen LogP contribution >= 0.6 is 0 Å². The van der Waals surface area contributed by atoms with E-state index in [1.165, 1.54) is 0 Å². The topological polar surface area (TPSA) is 64.9 Å². The molecule has 0 aliphatic carbocycles. The highest BCUT2D eigenvalue weighted by molar-refractivity contribution is 5.97. The Hall–Kier alpha value is -3.02. The molecule has 1 aromatic carbocycles. The molecule has 3 aromatic rings. The van der Waals surface area contributed by atoms with Crippen molar-refractivity contribution in [1.82, 2.24) is 14.7 Å². The van der Waals surface area contributed by atoms with Crippen molar-refractivity contribution in [2.75, 3.05) is 19.8 Å². The van der Waals surface area contributed by atoms with E-state index in [1.807, 2.05) is 41.1 Å². The number of amides is 1. The number of hydrogen-bond donors (Lipinski definition) is 1. The van der Waals surface area contributed by atoms with E-state index in [2.05, 4.69) is 10.3 Å². The van der Waals surface area contributed by atoms with E-state index >= 15 is 0 Å². The van der Waals surface area contributed by atoms with Crippen LogP contribution in [0.4, 0.5) is 0 Å². The Morgan fingerprint density at radius 3 is 3.00 bits per heavy atom. The summed E-state index contributed by atoms with van der Waals surface area (Å²) in [6.45, 7) is 1.47. The first-order valence-corrected chi connectivity index (χ1v) is 7.91. The molecule has 0 bridgehead atoms. The van der Waals surface area contributed by atoms with Crippen LogP contribution in [0, 0.1) is 0 Å². The Kier molecular flexibility index (Phi) is 3.78. The van der Waals surface area contributed by atoms with Crippen LogP contribution in [-0.4, -0.2) is 35.1 Å². The van der Waals surface area contributed by atoms with Crippen LogP contribution in [0.3, 0.4) is 0 Å². The summed E-state index contributed by atoms with van der Waals surface area (Å²) >= 11 is 0. The molecule has 0 spiro atoms. The van der Waals surface area contributed by atoms with Crippen molar-refractivity contribution in [3.8, 4) is 11.5 Å². The fraction of sp³-hybridized carbons (Fsp3) is 0.222. The zero-order valence-electron chi connectivity index (χ0n) is 13.1. The third kappa shape index (κ3) is 2.78. The lowest BCUT2D eigenvalue weighted by Gasteiger charge is -2.20. The van der Waals surface area contributed by atoms with Crippen LogP contribution in [0.15, 0.2) is 48.8 Å². The van der Waals surface area contributed by atoms with Crippen molar-refractivity contribution in [2.45, 2.75) is 6.42 Å². The SMILES string of the molecule is O=C(NCCc1cn2ccccc2n1)c1cccc2c1OCCO2. The molecule has 1 aliphatic rings. The van der Waals surface area contributed by atoms with Gasteiger partial charge in [0.25, 0.3) is 5.91 Å². The molecule has 1 N–H and O–H groups in total. The molecule has 0 saturated heterocycles. The number of nitrogens with one attached hydrogen (secondary N) is 1. The van der Waals surface area contributed by atoms with E-state index in [1.54, 1.807) is 12.1 Å². The van der Waals surface area contributed by atoms with Crippen LogP contribution in [0.2, 0.25) is 0 Å². The summed E-state index contributed by atoms with van der Waals surface area (Å²) in [5.74, 6) is 0.976. The van der Waals surface area contributed by atoms with Gasteiger partial charge in [-0.15, -0.1) is 0 Å². The predicted molar refractivity (Wildman–Crippen MR) is 88.7 cm³/mol. The molecule has 24 heavy (non-hydrogen) atoms. The summed E-state index contributed by atoms with van der Waals surface area (Å²) < 4.78 is 13.1. The smallest absolute Gasteiger partial charge is 0.255 e. The zero-order chi connectivity index (χ0) is 16.4. The van der Waals surface area contributed by atoms with Crippen molar-refractivity contribution in [3.05, 3.63) is 60.0 Å². The molecule has 0 atom stereocenters. The number of nitrogens with zero attached hydrogens (tertiary/aromatic N) is 2. The Balaban J connectivity index is 1.42. The van der Waals surface area contributed by atoms with Gasteiger partial charge in [-0.2, -0.15) is 0 Å². The van der Waals surface area contributed by atoms with Crippen molar-refractivity contribution in [3.63, 3.8) is 0 Å². The molecular formula is C18H17N3O3. The normalized spacial score (nSPS) is 13.0. The summed E-state index contributed by atoms with van der Waals surface area (Å²) in [5.41, 5.74) is 2.35. The Morgan fingerprint density at radius 2 is 2.08 bits per heavy atom. The molecule has 2 aromatic heterocycles. The molecule has 6 nitrogen and oxygen atoms in total. The highest BCUT2D eigenvalue weighted by atomic mass is 16.6. The number of imidazole rings is 1. The molecular weight excluding hydrogens is 306 g/mol. The maximum Gasteiger partial charge on any atom is 0.255 e. The minimum atomic E-state index is -0.166. The molecule has 0 fully saturated rings. The molecule has 0 unspecified atom stereocenters. The average Bonchev–Trinajstić information content (AvgIpc) is 3.04. The van der Waals surface area contributed by atoms with Crippen molar-refractivity contribution in [2.24, 2.45) is 0 Å². The lowest BCUT2D eigenvalue weighted by atomic mass is 10.1. The van der Waals surface area contributed by atoms with Crippen LogP contribution in [0.5, 0.6) is 11.5 Å². The van der Waals surface area contributed by atoms with Crippen molar-refractivity contribution in [1.29, 1.82) is 0 Å². The minimum Gasteiger partial charge on any atom is -0.486 e. The van der Waals surface area contributed by atoms with E-state index in [0.29, 0.717) is 43.2 Å². The first-order chi connectivity index (χ1) is 11.8. The van der Waals surface area contributed by atoms with Crippen LogP contribution in [0.25, 0.3) is 5.65 Å². The quantitative estimate of drug-likeness (QED) is 0.798. The molecule has 122 valence electrons. The fourth-order valence-electron chi connectivity index (χ4n) is 2.76. The standard InChI is InChI=1S/C18H17N3O3/c22-18(14-4-3-5-15-17(14)24-11-10-23-15)19-8-7-13-12-21-9-2-1-6-16(21)20-13/h1-6,9,12H,7-8,10-11H2,(H,19,22). The van der Waals surface area contributed by atoms with Gasteiger partial charge in [0.2, 0.25) is 0 Å². The molecule has 1 amide bonds. The van der Waals surface area contributed by atoms with E-state index in [0.717, 1.165) is 11.3 Å². The Bertz CT molecular complexity index is 855. The van der Waals surface area contributed by atoms with Crippen LogP contribution in [-0.2, 0) is 6.42 Å². The van der Waals surface area contributed by atoms with Gasteiger partial charge in [-0.05, 0) is 24.3 Å². The van der Waals surface area contributed by atoms with E-state index in [4.69, 9.17) is 9.47 Å². The van der Waals surface area contributed by atoms with Crippen LogP contribution in [0.1, 0.15) is 16.1 Å². The third-order valence-electron chi connectivity index (χ3n) is 3.89. The summed E-state index contributed by atoms with van der Waals surface area (Å²) in [5, 5.41) is 2.92. The van der Waals surface area contributed by atoms with E-state index in [9.17, 15) is 4.79 Å². The minimum absolute atomic E-state index is 0.166. The van der Waals surface area contributed by atoms with Gasteiger partial charge in [-0.3, -0.25) is 4.79 Å². The maximum absolute atomic E-state index is 12.4. The molecule has 3 heterocycles. The highest BCUT2D eigenvalue weighted by Gasteiger charge is 2.20. The number of benzene rings is 1. The number of pyridine rings is 1. The molecule has 0 saturated carbocycles. The van der Waals surface area contributed by atoms with Gasteiger partial charge in [0, 0.05) is 25.4 Å². The predicted octanol–water partition coefficient (Wildman–Crippen LogP) is 2.08. The monoisotopic (exact) mass is 323 g/mol. The number of fused-ring (bicyclic) bond motifs is 2. The lowest BCUT2D eigenvalue weighted by Crippen LogP contribution is -2.27. The fourth-order valence-corrected chi connectivity index (χ4v) is 2.76. The number of hydrogen-bond acceptors (Lipinski definition) is 4. The van der Waals surface area contributed by atoms with Gasteiger partial charge in [0.15, 0.2) is 11.5 Å². The summed E-state index contributed by atoms with van der Waals surface area (Å²) in [6, 6.07) is 11.2. The zero-order valence-corrected chi connectivity index (χ0v) is 13.1. The van der Waals surface area contributed by atoms with Gasteiger partial charge < -0.3 is 19.2 Å². The van der Waals surface area contributed by atoms with Crippen molar-refractivity contribution >= 4 is 11.6 Å². The highest BCUT2D eigenvalue weighted by Crippen LogP contribution is 2.33. The number of rotatable bonds is 4. The van der Waals surface area contributed by atoms with Gasteiger partial charge in [-0.25, -0.2) is 4.98 Å². The first kappa shape index (κ1) is 14.6. The molecule has 4 rings (SSSR count). The number of carbonyl (C=O) groups is 1. The summed E-state index contributed by atoms with van der Waals surface area (Å²) in [4.78, 5) is 16.9. The van der Waals surface area contributed by atoms with E-state index < -0.39 is 0 Å². The summed E-state index contributed by atoms with van der Waals surface area (Å²) in [6.07, 6.45) is 4.60. The van der Waals surface area contributed by atoms with Gasteiger partial charge >= 0.3 is 0 Å². The van der Waals surface area contributed by atoms with Crippen molar-refractivity contribution < 1.29 is 14.3 Å². The second kappa shape index (κ2) is 6.23. The van der Waals surface area contributed by atoms with Gasteiger partial charge in [-0.1, -0.05) is 12.1 Å². The third-order valence-corrected chi connectivity index (χ3v) is 3.89. The summed E-state index contributed by atoms with van der Waals surface area (Å²) in [7, 11) is 0. The molecule has 0 radical (unpaired) electrons. The Labute approximate surface area is 139 Å². The largest absolute Gasteiger partial charge is 0.486 e. The number of carbonyl (C=O) groups excluding carboxylic acids is 1. The molecule has 1 aliphatic heterocycles. The lowest BCUT2D eigenvalue weighted by molar-refractivity contribution is 0.0943. The number of para-hydroxylation sites is 1. The van der Waals surface area contributed by atoms with Gasteiger partial charge in [0.05, 0.1) is 11.3 Å². The maximum atomic E-state index is 12.4. The second-order valence-corrected chi connectivity index (χ2v) is 5.53. The number of ether oxygens (including phenoxy) is 2. The van der Waals surface area contributed by atoms with Crippen LogP contribution < -0.4 is 14.8 Å². The van der Waals surface area contributed by atoms with E-state index in [-0.39, 0.29) is 5.91 Å². The Morgan fingerprint density at radius 1 is 1.17 bits per heavy atom.